The maximum absolute atomic E-state index is 13.5. The molecule has 7 nitrogen and oxygen atoms in total. The number of carbonyl (C=O) groups excluding carboxylic acids is 2. The summed E-state index contributed by atoms with van der Waals surface area (Å²) in [6, 6.07) is 16.1. The first-order valence-corrected chi connectivity index (χ1v) is 11.0. The van der Waals surface area contributed by atoms with Gasteiger partial charge in [-0.25, -0.2) is 9.59 Å². The van der Waals surface area contributed by atoms with Crippen LogP contribution in [0.3, 0.4) is 0 Å². The number of hydrogen-bond acceptors (Lipinski definition) is 4. The summed E-state index contributed by atoms with van der Waals surface area (Å²) in [7, 11) is 0. The van der Waals surface area contributed by atoms with Crippen molar-refractivity contribution in [2.75, 3.05) is 6.61 Å². The summed E-state index contributed by atoms with van der Waals surface area (Å²) < 4.78 is 5.34. The lowest BCUT2D eigenvalue weighted by atomic mass is 9.79. The summed E-state index contributed by atoms with van der Waals surface area (Å²) in [4.78, 5) is 41.3. The molecule has 2 aromatic carbocycles. The molecule has 2 saturated heterocycles. The van der Waals surface area contributed by atoms with Crippen molar-refractivity contribution < 1.29 is 24.2 Å². The minimum absolute atomic E-state index is 0.142. The van der Waals surface area contributed by atoms with Crippen LogP contribution in [-0.4, -0.2) is 57.6 Å². The van der Waals surface area contributed by atoms with Crippen molar-refractivity contribution in [1.29, 1.82) is 0 Å². The smallest absolute Gasteiger partial charge is 0.411 e. The molecule has 0 aliphatic carbocycles. The number of aliphatic carboxylic acids is 1. The Balaban J connectivity index is 1.73. The summed E-state index contributed by atoms with van der Waals surface area (Å²) >= 11 is 0. The predicted octanol–water partition coefficient (Wildman–Crippen LogP) is 3.97. The van der Waals surface area contributed by atoms with Gasteiger partial charge in [0.2, 0.25) is 5.91 Å². The highest BCUT2D eigenvalue weighted by molar-refractivity contribution is 5.97. The van der Waals surface area contributed by atoms with E-state index in [0.29, 0.717) is 0 Å². The van der Waals surface area contributed by atoms with E-state index in [0.717, 1.165) is 11.1 Å². The summed E-state index contributed by atoms with van der Waals surface area (Å²) in [5, 5.41) is 9.98. The van der Waals surface area contributed by atoms with Crippen molar-refractivity contribution in [2.24, 2.45) is 5.41 Å². The first kappa shape index (κ1) is 22.6. The van der Waals surface area contributed by atoms with Gasteiger partial charge in [0.05, 0.1) is 12.1 Å². The van der Waals surface area contributed by atoms with E-state index in [1.807, 2.05) is 72.8 Å². The van der Waals surface area contributed by atoms with E-state index in [-0.39, 0.29) is 12.5 Å². The van der Waals surface area contributed by atoms with Crippen LogP contribution in [0.1, 0.15) is 37.9 Å². The molecule has 0 radical (unpaired) electrons. The van der Waals surface area contributed by atoms with Gasteiger partial charge in [-0.05, 0) is 16.5 Å². The van der Waals surface area contributed by atoms with Gasteiger partial charge in [-0.3, -0.25) is 9.69 Å². The molecule has 0 aromatic heterocycles. The lowest BCUT2D eigenvalue weighted by Crippen LogP contribution is -2.75. The zero-order chi connectivity index (χ0) is 23.8. The average Bonchev–Trinajstić information content (AvgIpc) is 3.15. The highest BCUT2D eigenvalue weighted by atomic mass is 16.6. The number of rotatable bonds is 6. The van der Waals surface area contributed by atoms with E-state index in [4.69, 9.17) is 4.74 Å². The Bertz CT molecular complexity index is 1060. The summed E-state index contributed by atoms with van der Waals surface area (Å²) in [5.41, 5.74) is 1.09. The van der Waals surface area contributed by atoms with E-state index in [1.165, 1.54) is 9.80 Å². The topological polar surface area (TPSA) is 87.2 Å². The van der Waals surface area contributed by atoms with Gasteiger partial charge in [-0.1, -0.05) is 93.6 Å². The Hall–Kier alpha value is -3.61. The summed E-state index contributed by atoms with van der Waals surface area (Å²) in [5.74, 6) is -1.46. The number of carbonyl (C=O) groups is 3. The van der Waals surface area contributed by atoms with Crippen LogP contribution in [0.2, 0.25) is 0 Å². The molecule has 7 heteroatoms. The molecule has 33 heavy (non-hydrogen) atoms. The highest BCUT2D eigenvalue weighted by Gasteiger charge is 2.59. The average molecular weight is 449 g/mol. The van der Waals surface area contributed by atoms with Crippen molar-refractivity contribution in [3.63, 3.8) is 0 Å². The van der Waals surface area contributed by atoms with Crippen LogP contribution >= 0.6 is 0 Å². The van der Waals surface area contributed by atoms with Crippen LogP contribution in [0.15, 0.2) is 66.7 Å². The van der Waals surface area contributed by atoms with E-state index in [9.17, 15) is 19.5 Å². The molecule has 0 bridgehead atoms. The molecule has 4 atom stereocenters. The first-order valence-electron chi connectivity index (χ1n) is 11.0. The minimum Gasteiger partial charge on any atom is -0.480 e. The third-order valence-corrected chi connectivity index (χ3v) is 6.17. The third kappa shape index (κ3) is 4.23. The van der Waals surface area contributed by atoms with Gasteiger partial charge in [-0.15, -0.1) is 0 Å². The third-order valence-electron chi connectivity index (χ3n) is 6.17. The Labute approximate surface area is 193 Å². The zero-order valence-corrected chi connectivity index (χ0v) is 18.9. The van der Waals surface area contributed by atoms with Gasteiger partial charge in [0.25, 0.3) is 0 Å². The van der Waals surface area contributed by atoms with Gasteiger partial charge in [0, 0.05) is 0 Å². The molecule has 2 fully saturated rings. The second kappa shape index (κ2) is 8.73. The number of hydrogen-bond donors (Lipinski definition) is 1. The van der Waals surface area contributed by atoms with Crippen molar-refractivity contribution in [3.8, 4) is 0 Å². The van der Waals surface area contributed by atoms with Crippen LogP contribution < -0.4 is 0 Å². The zero-order valence-electron chi connectivity index (χ0n) is 18.9. The number of cyclic esters (lactones) is 1. The molecule has 3 unspecified atom stereocenters. The Morgan fingerprint density at radius 2 is 1.67 bits per heavy atom. The lowest BCUT2D eigenvalue weighted by Gasteiger charge is -2.54. The fourth-order valence-electron chi connectivity index (χ4n) is 4.65. The van der Waals surface area contributed by atoms with Crippen molar-refractivity contribution in [1.82, 2.24) is 9.80 Å². The molecule has 2 aliphatic heterocycles. The largest absolute Gasteiger partial charge is 0.480 e. The number of amides is 2. The SMILES string of the molecule is CC(C)(C)C(C(=O)O)N1C(=O)C(N2C(=O)OC[C@@H]2c2ccccc2)C1C=Cc1ccccc1. The van der Waals surface area contributed by atoms with Gasteiger partial charge < -0.3 is 14.7 Å². The summed E-state index contributed by atoms with van der Waals surface area (Å²) in [6.45, 7) is 5.52. The Morgan fingerprint density at radius 1 is 1.06 bits per heavy atom. The van der Waals surface area contributed by atoms with Gasteiger partial charge >= 0.3 is 12.1 Å². The second-order valence-corrected chi connectivity index (χ2v) is 9.47. The van der Waals surface area contributed by atoms with E-state index < -0.39 is 41.6 Å². The minimum atomic E-state index is -1.07. The molecule has 4 rings (SSSR count). The molecule has 0 spiro atoms. The van der Waals surface area contributed by atoms with Gasteiger partial charge in [-0.2, -0.15) is 0 Å². The number of nitrogens with zero attached hydrogens (tertiary/aromatic N) is 2. The first-order chi connectivity index (χ1) is 15.7. The molecule has 2 amide bonds. The standard InChI is InChI=1S/C26H28N2O5/c1-26(2,3)22(24(30)31)28-19(15-14-17-10-6-4-7-11-17)21(23(28)29)27-20(16-33-25(27)32)18-12-8-5-9-13-18/h4-15,19-22H,16H2,1-3H3,(H,30,31)/t19?,20-,21?,22?/m1/s1. The molecule has 2 aromatic rings. The van der Waals surface area contributed by atoms with Crippen molar-refractivity contribution in [2.45, 2.75) is 44.9 Å². The van der Waals surface area contributed by atoms with E-state index in [1.54, 1.807) is 20.8 Å². The number of likely N-dealkylation sites (tertiary alicyclic amines) is 1. The summed E-state index contributed by atoms with van der Waals surface area (Å²) in [6.07, 6.45) is 3.11. The van der Waals surface area contributed by atoms with Crippen LogP contribution in [0.25, 0.3) is 6.08 Å². The second-order valence-electron chi connectivity index (χ2n) is 9.47. The number of β-lactam (4-membered cyclic amide) rings is 1. The van der Waals surface area contributed by atoms with Crippen LogP contribution in [0.5, 0.6) is 0 Å². The quantitative estimate of drug-likeness (QED) is 0.676. The molecular weight excluding hydrogens is 420 g/mol. The molecule has 0 saturated carbocycles. The Morgan fingerprint density at radius 3 is 2.24 bits per heavy atom. The van der Waals surface area contributed by atoms with Crippen molar-refractivity contribution in [3.05, 3.63) is 77.9 Å². The molecular formula is C26H28N2O5. The molecule has 2 heterocycles. The fraction of sp³-hybridized carbons (Fsp3) is 0.346. The predicted molar refractivity (Wildman–Crippen MR) is 123 cm³/mol. The molecule has 172 valence electrons. The monoisotopic (exact) mass is 448 g/mol. The molecule has 1 N–H and O–H groups in total. The number of carboxylic acid groups (broad SMARTS) is 1. The lowest BCUT2D eigenvalue weighted by molar-refractivity contribution is -0.173. The normalized spacial score (nSPS) is 24.0. The van der Waals surface area contributed by atoms with E-state index >= 15 is 0 Å². The Kier molecular flexibility index (Phi) is 5.97. The maximum Gasteiger partial charge on any atom is 0.411 e. The number of carboxylic acids is 1. The molecule has 2 aliphatic rings. The fourth-order valence-corrected chi connectivity index (χ4v) is 4.65. The highest BCUT2D eigenvalue weighted by Crippen LogP contribution is 2.41. The number of ether oxygens (including phenoxy) is 1. The van der Waals surface area contributed by atoms with Crippen LogP contribution in [0, 0.1) is 5.41 Å². The number of benzene rings is 2. The van der Waals surface area contributed by atoms with E-state index in [2.05, 4.69) is 0 Å². The van der Waals surface area contributed by atoms with Crippen LogP contribution in [0.4, 0.5) is 4.79 Å². The maximum atomic E-state index is 13.5. The van der Waals surface area contributed by atoms with Crippen LogP contribution in [-0.2, 0) is 14.3 Å². The van der Waals surface area contributed by atoms with Gasteiger partial charge in [0.1, 0.15) is 18.7 Å². The van der Waals surface area contributed by atoms with Gasteiger partial charge in [0.15, 0.2) is 0 Å². The van der Waals surface area contributed by atoms with Crippen molar-refractivity contribution >= 4 is 24.0 Å².